The highest BCUT2D eigenvalue weighted by molar-refractivity contribution is 7.99. The number of nitrogens with one attached hydrogen (secondary N) is 2. The largest absolute Gasteiger partial charge is 0.353 e. The Morgan fingerprint density at radius 2 is 1.94 bits per heavy atom. The van der Waals surface area contributed by atoms with Crippen LogP contribution in [0.4, 0.5) is 0 Å². The Kier molecular flexibility index (Phi) is 8.99. The molecule has 1 aliphatic carbocycles. The zero-order chi connectivity index (χ0) is 23.1. The van der Waals surface area contributed by atoms with Crippen LogP contribution in [0.2, 0.25) is 5.02 Å². The minimum Gasteiger partial charge on any atom is -0.353 e. The van der Waals surface area contributed by atoms with Crippen molar-refractivity contribution in [3.05, 3.63) is 40.7 Å². The maximum absolute atomic E-state index is 12.9. The molecule has 1 aliphatic rings. The number of hydrogen-bond acceptors (Lipinski definition) is 5. The fraction of sp³-hybridized carbons (Fsp3) is 0.565. The maximum atomic E-state index is 12.9. The number of nitrogens with zero attached hydrogens (tertiary/aromatic N) is 3. The van der Waals surface area contributed by atoms with E-state index in [2.05, 4.69) is 34.7 Å². The van der Waals surface area contributed by atoms with Gasteiger partial charge in [0.05, 0.1) is 22.4 Å². The van der Waals surface area contributed by atoms with E-state index in [4.69, 9.17) is 11.6 Å². The van der Waals surface area contributed by atoms with Crippen LogP contribution >= 0.6 is 23.4 Å². The number of halogens is 1. The zero-order valence-electron chi connectivity index (χ0n) is 18.9. The minimum atomic E-state index is -0.312. The summed E-state index contributed by atoms with van der Waals surface area (Å²) in [4.78, 5) is 25.2. The highest BCUT2D eigenvalue weighted by Crippen LogP contribution is 2.26. The third-order valence-corrected chi connectivity index (χ3v) is 6.85. The molecule has 3 rings (SSSR count). The molecule has 0 aliphatic heterocycles. The summed E-state index contributed by atoms with van der Waals surface area (Å²) in [6, 6.07) is 6.99. The minimum absolute atomic E-state index is 0.0276. The van der Waals surface area contributed by atoms with Crippen molar-refractivity contribution < 1.29 is 9.59 Å². The average molecular weight is 478 g/mol. The number of thioether (sulfide) groups is 1. The predicted molar refractivity (Wildman–Crippen MR) is 128 cm³/mol. The summed E-state index contributed by atoms with van der Waals surface area (Å²) < 4.78 is 1.98. The standard InChI is InChI=1S/C23H32ClN5O2S/c1-4-29-21(27-28-23(29)32-14-20(30)25-16-9-5-6-10-16)19(13-15(2)3)26-22(31)17-11-7-8-12-18(17)24/h7-8,11-12,15-16,19H,4-6,9-10,13-14H2,1-3H3,(H,25,30)(H,26,31)/t19-/m0/s1. The summed E-state index contributed by atoms with van der Waals surface area (Å²) in [5.74, 6) is 1.12. The molecule has 174 valence electrons. The van der Waals surface area contributed by atoms with Crippen molar-refractivity contribution in [1.82, 2.24) is 25.4 Å². The molecule has 1 saturated carbocycles. The molecule has 1 atom stereocenters. The van der Waals surface area contributed by atoms with Crippen LogP contribution in [-0.2, 0) is 11.3 Å². The molecule has 1 aromatic carbocycles. The molecule has 2 aromatic rings. The number of benzene rings is 1. The van der Waals surface area contributed by atoms with Gasteiger partial charge in [-0.1, -0.05) is 62.2 Å². The molecule has 1 fully saturated rings. The quantitative estimate of drug-likeness (QED) is 0.487. The topological polar surface area (TPSA) is 88.9 Å². The second kappa shape index (κ2) is 11.7. The lowest BCUT2D eigenvalue weighted by molar-refractivity contribution is -0.119. The van der Waals surface area contributed by atoms with Crippen molar-refractivity contribution in [3.8, 4) is 0 Å². The summed E-state index contributed by atoms with van der Waals surface area (Å²) >= 11 is 7.59. The van der Waals surface area contributed by atoms with Gasteiger partial charge in [0.25, 0.3) is 5.91 Å². The molecule has 9 heteroatoms. The van der Waals surface area contributed by atoms with E-state index in [-0.39, 0.29) is 17.9 Å². The highest BCUT2D eigenvalue weighted by atomic mass is 35.5. The van der Waals surface area contributed by atoms with E-state index in [1.54, 1.807) is 24.3 Å². The Morgan fingerprint density at radius 1 is 1.22 bits per heavy atom. The van der Waals surface area contributed by atoms with Crippen LogP contribution in [-0.4, -0.2) is 38.4 Å². The fourth-order valence-electron chi connectivity index (χ4n) is 4.01. The van der Waals surface area contributed by atoms with Crippen LogP contribution in [0, 0.1) is 5.92 Å². The predicted octanol–water partition coefficient (Wildman–Crippen LogP) is 4.62. The van der Waals surface area contributed by atoms with Crippen LogP contribution in [0.1, 0.15) is 75.1 Å². The summed E-state index contributed by atoms with van der Waals surface area (Å²) in [5, 5.41) is 16.0. The van der Waals surface area contributed by atoms with Crippen molar-refractivity contribution in [1.29, 1.82) is 0 Å². The summed E-state index contributed by atoms with van der Waals surface area (Å²) in [5.41, 5.74) is 0.434. The van der Waals surface area contributed by atoms with Gasteiger partial charge in [-0.25, -0.2) is 0 Å². The van der Waals surface area contributed by atoms with E-state index in [1.165, 1.54) is 24.6 Å². The second-order valence-corrected chi connectivity index (χ2v) is 9.91. The Morgan fingerprint density at radius 3 is 2.59 bits per heavy atom. The molecule has 0 radical (unpaired) electrons. The van der Waals surface area contributed by atoms with E-state index in [1.807, 2.05) is 11.5 Å². The number of aromatic nitrogens is 3. The van der Waals surface area contributed by atoms with Crippen molar-refractivity contribution >= 4 is 35.2 Å². The Balaban J connectivity index is 1.72. The van der Waals surface area contributed by atoms with Gasteiger partial charge in [0, 0.05) is 12.6 Å². The van der Waals surface area contributed by atoms with Gasteiger partial charge in [0.2, 0.25) is 5.91 Å². The Hall–Kier alpha value is -2.06. The van der Waals surface area contributed by atoms with Crippen LogP contribution < -0.4 is 10.6 Å². The Bertz CT molecular complexity index is 927. The first kappa shape index (κ1) is 24.6. The fourth-order valence-corrected chi connectivity index (χ4v) is 5.06. The lowest BCUT2D eigenvalue weighted by Gasteiger charge is -2.21. The van der Waals surface area contributed by atoms with E-state index < -0.39 is 0 Å². The first-order valence-electron chi connectivity index (χ1n) is 11.3. The van der Waals surface area contributed by atoms with Crippen LogP contribution in [0.25, 0.3) is 0 Å². The van der Waals surface area contributed by atoms with Gasteiger partial charge >= 0.3 is 0 Å². The zero-order valence-corrected chi connectivity index (χ0v) is 20.5. The smallest absolute Gasteiger partial charge is 0.253 e. The first-order chi connectivity index (χ1) is 15.4. The SMILES string of the molecule is CCn1c(SCC(=O)NC2CCCC2)nnc1[C@H](CC(C)C)NC(=O)c1ccccc1Cl. The van der Waals surface area contributed by atoms with E-state index in [0.717, 1.165) is 12.8 Å². The van der Waals surface area contributed by atoms with E-state index in [0.29, 0.717) is 52.2 Å². The first-order valence-corrected chi connectivity index (χ1v) is 12.7. The number of carbonyl (C=O) groups is 2. The number of rotatable bonds is 10. The highest BCUT2D eigenvalue weighted by Gasteiger charge is 2.25. The molecule has 0 saturated heterocycles. The lowest BCUT2D eigenvalue weighted by atomic mass is 10.0. The molecule has 2 N–H and O–H groups in total. The van der Waals surface area contributed by atoms with E-state index in [9.17, 15) is 9.59 Å². The van der Waals surface area contributed by atoms with Crippen LogP contribution in [0.15, 0.2) is 29.4 Å². The van der Waals surface area contributed by atoms with Gasteiger partial charge in [-0.2, -0.15) is 0 Å². The van der Waals surface area contributed by atoms with Gasteiger partial charge in [0.1, 0.15) is 0 Å². The molecule has 2 amide bonds. The average Bonchev–Trinajstić information content (AvgIpc) is 3.41. The van der Waals surface area contributed by atoms with Gasteiger partial charge in [0.15, 0.2) is 11.0 Å². The third-order valence-electron chi connectivity index (χ3n) is 5.56. The molecular weight excluding hydrogens is 446 g/mol. The summed E-state index contributed by atoms with van der Waals surface area (Å²) in [6.07, 6.45) is 5.20. The molecule has 1 aromatic heterocycles. The summed E-state index contributed by atoms with van der Waals surface area (Å²) in [6.45, 7) is 6.86. The normalized spacial score (nSPS) is 15.2. The van der Waals surface area contributed by atoms with Crippen molar-refractivity contribution in [3.63, 3.8) is 0 Å². The molecular formula is C23H32ClN5O2S. The number of carbonyl (C=O) groups excluding carboxylic acids is 2. The van der Waals surface area contributed by atoms with Crippen molar-refractivity contribution in [2.75, 3.05) is 5.75 Å². The monoisotopic (exact) mass is 477 g/mol. The molecule has 1 heterocycles. The maximum Gasteiger partial charge on any atom is 0.253 e. The van der Waals surface area contributed by atoms with Crippen molar-refractivity contribution in [2.24, 2.45) is 5.92 Å². The van der Waals surface area contributed by atoms with Gasteiger partial charge < -0.3 is 15.2 Å². The molecule has 0 spiro atoms. The third kappa shape index (κ3) is 6.48. The van der Waals surface area contributed by atoms with Crippen LogP contribution in [0.3, 0.4) is 0 Å². The number of hydrogen-bond donors (Lipinski definition) is 2. The molecule has 32 heavy (non-hydrogen) atoms. The van der Waals surface area contributed by atoms with Gasteiger partial charge in [-0.05, 0) is 44.2 Å². The molecule has 7 nitrogen and oxygen atoms in total. The van der Waals surface area contributed by atoms with Gasteiger partial charge in [-0.15, -0.1) is 10.2 Å². The lowest BCUT2D eigenvalue weighted by Crippen LogP contribution is -2.34. The molecule has 0 unspecified atom stereocenters. The number of amides is 2. The van der Waals surface area contributed by atoms with Gasteiger partial charge in [-0.3, -0.25) is 9.59 Å². The van der Waals surface area contributed by atoms with Crippen molar-refractivity contribution in [2.45, 2.75) is 76.7 Å². The van der Waals surface area contributed by atoms with E-state index >= 15 is 0 Å². The second-order valence-electron chi connectivity index (χ2n) is 8.56. The molecule has 0 bridgehead atoms. The summed E-state index contributed by atoms with van der Waals surface area (Å²) in [7, 11) is 0. The van der Waals surface area contributed by atoms with Crippen LogP contribution in [0.5, 0.6) is 0 Å². The Labute approximate surface area is 199 Å².